The SMILES string of the molecule is COCCN(C(=O)c1ccc2ccccc2c1)c1ccc(C(F)(F)F)cn1. The Morgan fingerprint density at radius 1 is 1.07 bits per heavy atom. The van der Waals surface area contributed by atoms with E-state index in [1.807, 2.05) is 30.3 Å². The van der Waals surface area contributed by atoms with Crippen LogP contribution in [0.1, 0.15) is 15.9 Å². The van der Waals surface area contributed by atoms with Crippen LogP contribution in [0.4, 0.5) is 19.0 Å². The van der Waals surface area contributed by atoms with Crippen LogP contribution in [0.5, 0.6) is 0 Å². The third-order valence-corrected chi connectivity index (χ3v) is 4.11. The van der Waals surface area contributed by atoms with Crippen molar-refractivity contribution in [2.45, 2.75) is 6.18 Å². The van der Waals surface area contributed by atoms with Gasteiger partial charge in [-0.1, -0.05) is 30.3 Å². The minimum absolute atomic E-state index is 0.137. The van der Waals surface area contributed by atoms with Crippen molar-refractivity contribution in [3.63, 3.8) is 0 Å². The lowest BCUT2D eigenvalue weighted by molar-refractivity contribution is -0.137. The number of aromatic nitrogens is 1. The Labute approximate surface area is 154 Å². The van der Waals surface area contributed by atoms with E-state index in [4.69, 9.17) is 4.74 Å². The average molecular weight is 374 g/mol. The van der Waals surface area contributed by atoms with E-state index >= 15 is 0 Å². The topological polar surface area (TPSA) is 42.4 Å². The molecular weight excluding hydrogens is 357 g/mol. The van der Waals surface area contributed by atoms with E-state index in [0.717, 1.165) is 23.0 Å². The molecule has 7 heteroatoms. The summed E-state index contributed by atoms with van der Waals surface area (Å²) >= 11 is 0. The minimum Gasteiger partial charge on any atom is -0.383 e. The Bertz CT molecular complexity index is 940. The number of benzene rings is 2. The summed E-state index contributed by atoms with van der Waals surface area (Å²) in [5.41, 5.74) is -0.442. The van der Waals surface area contributed by atoms with Gasteiger partial charge in [0.2, 0.25) is 0 Å². The molecule has 3 aromatic rings. The normalized spacial score (nSPS) is 11.6. The molecule has 0 fully saturated rings. The third kappa shape index (κ3) is 4.25. The number of anilines is 1. The Morgan fingerprint density at radius 3 is 2.44 bits per heavy atom. The largest absolute Gasteiger partial charge is 0.417 e. The van der Waals surface area contributed by atoms with E-state index in [1.54, 1.807) is 12.1 Å². The van der Waals surface area contributed by atoms with E-state index in [-0.39, 0.29) is 24.9 Å². The summed E-state index contributed by atoms with van der Waals surface area (Å²) in [7, 11) is 1.48. The number of carbonyl (C=O) groups is 1. The summed E-state index contributed by atoms with van der Waals surface area (Å²) in [5.74, 6) is -0.219. The zero-order valence-electron chi connectivity index (χ0n) is 14.5. The molecule has 0 unspecified atom stereocenters. The Balaban J connectivity index is 1.94. The number of hydrogen-bond acceptors (Lipinski definition) is 3. The number of fused-ring (bicyclic) bond motifs is 1. The number of carbonyl (C=O) groups excluding carboxylic acids is 1. The third-order valence-electron chi connectivity index (χ3n) is 4.11. The van der Waals surface area contributed by atoms with Gasteiger partial charge in [0, 0.05) is 18.9 Å². The van der Waals surface area contributed by atoms with E-state index in [0.29, 0.717) is 5.56 Å². The highest BCUT2D eigenvalue weighted by Gasteiger charge is 2.31. The first kappa shape index (κ1) is 18.8. The molecule has 1 amide bonds. The number of methoxy groups -OCH3 is 1. The quantitative estimate of drug-likeness (QED) is 0.658. The van der Waals surface area contributed by atoms with E-state index in [9.17, 15) is 18.0 Å². The van der Waals surface area contributed by atoms with Gasteiger partial charge in [0.1, 0.15) is 5.82 Å². The fourth-order valence-corrected chi connectivity index (χ4v) is 2.69. The maximum atomic E-state index is 13.0. The number of rotatable bonds is 5. The van der Waals surface area contributed by atoms with Crippen LogP contribution >= 0.6 is 0 Å². The number of ether oxygens (including phenoxy) is 1. The van der Waals surface area contributed by atoms with Crippen LogP contribution in [0.25, 0.3) is 10.8 Å². The molecule has 0 bridgehead atoms. The molecule has 140 valence electrons. The molecule has 0 N–H and O–H groups in total. The Hall–Kier alpha value is -2.93. The molecule has 3 rings (SSSR count). The van der Waals surface area contributed by atoms with Crippen LogP contribution in [0.3, 0.4) is 0 Å². The van der Waals surface area contributed by atoms with Gasteiger partial charge in [-0.15, -0.1) is 0 Å². The van der Waals surface area contributed by atoms with Crippen molar-refractivity contribution < 1.29 is 22.7 Å². The molecule has 0 radical (unpaired) electrons. The molecule has 0 aliphatic rings. The highest BCUT2D eigenvalue weighted by atomic mass is 19.4. The molecule has 0 aliphatic carbocycles. The van der Waals surface area contributed by atoms with Crippen LogP contribution < -0.4 is 4.90 Å². The Kier molecular flexibility index (Phi) is 5.41. The monoisotopic (exact) mass is 374 g/mol. The number of amides is 1. The molecule has 1 heterocycles. The van der Waals surface area contributed by atoms with Crippen molar-refractivity contribution in [2.24, 2.45) is 0 Å². The fourth-order valence-electron chi connectivity index (χ4n) is 2.69. The van der Waals surface area contributed by atoms with Crippen LogP contribution in [0.15, 0.2) is 60.8 Å². The summed E-state index contributed by atoms with van der Waals surface area (Å²) in [6.45, 7) is 0.391. The zero-order chi connectivity index (χ0) is 19.4. The second kappa shape index (κ2) is 7.75. The van der Waals surface area contributed by atoms with Crippen molar-refractivity contribution >= 4 is 22.5 Å². The highest BCUT2D eigenvalue weighted by molar-refractivity contribution is 6.07. The molecule has 0 atom stereocenters. The second-order valence-electron chi connectivity index (χ2n) is 5.91. The number of alkyl halides is 3. The van der Waals surface area contributed by atoms with Gasteiger partial charge < -0.3 is 4.74 Å². The smallest absolute Gasteiger partial charge is 0.383 e. The first-order valence-corrected chi connectivity index (χ1v) is 8.23. The zero-order valence-corrected chi connectivity index (χ0v) is 14.5. The van der Waals surface area contributed by atoms with Gasteiger partial charge in [-0.3, -0.25) is 9.69 Å². The van der Waals surface area contributed by atoms with Crippen molar-refractivity contribution in [3.8, 4) is 0 Å². The summed E-state index contributed by atoms with van der Waals surface area (Å²) in [5, 5.41) is 1.89. The molecule has 2 aromatic carbocycles. The van der Waals surface area contributed by atoms with Gasteiger partial charge >= 0.3 is 6.18 Å². The lowest BCUT2D eigenvalue weighted by atomic mass is 10.1. The van der Waals surface area contributed by atoms with E-state index < -0.39 is 11.7 Å². The number of pyridine rings is 1. The maximum absolute atomic E-state index is 13.0. The van der Waals surface area contributed by atoms with Crippen LogP contribution in [-0.2, 0) is 10.9 Å². The summed E-state index contributed by atoms with van der Waals surface area (Å²) in [6.07, 6.45) is -3.76. The van der Waals surface area contributed by atoms with Gasteiger partial charge in [-0.2, -0.15) is 13.2 Å². The summed E-state index contributed by atoms with van der Waals surface area (Å²) in [6, 6.07) is 15.0. The molecule has 0 saturated heterocycles. The van der Waals surface area contributed by atoms with Crippen LogP contribution in [0, 0.1) is 0 Å². The minimum atomic E-state index is -4.48. The van der Waals surface area contributed by atoms with Crippen LogP contribution in [-0.4, -0.2) is 31.2 Å². The molecule has 0 saturated carbocycles. The van der Waals surface area contributed by atoms with Crippen molar-refractivity contribution in [2.75, 3.05) is 25.2 Å². The molecule has 0 aliphatic heterocycles. The number of halogens is 3. The summed E-state index contributed by atoms with van der Waals surface area (Å²) < 4.78 is 43.3. The first-order valence-electron chi connectivity index (χ1n) is 8.23. The number of hydrogen-bond donors (Lipinski definition) is 0. The van der Waals surface area contributed by atoms with Gasteiger partial charge in [-0.05, 0) is 35.0 Å². The van der Waals surface area contributed by atoms with Crippen molar-refractivity contribution in [1.29, 1.82) is 0 Å². The van der Waals surface area contributed by atoms with Gasteiger partial charge in [0.25, 0.3) is 5.91 Å². The molecule has 0 spiro atoms. The number of nitrogens with zero attached hydrogens (tertiary/aromatic N) is 2. The molecule has 27 heavy (non-hydrogen) atoms. The predicted molar refractivity (Wildman–Crippen MR) is 96.7 cm³/mol. The lowest BCUT2D eigenvalue weighted by Gasteiger charge is -2.22. The fraction of sp³-hybridized carbons (Fsp3) is 0.200. The van der Waals surface area contributed by atoms with Crippen LogP contribution in [0.2, 0.25) is 0 Å². The maximum Gasteiger partial charge on any atom is 0.417 e. The summed E-state index contributed by atoms with van der Waals surface area (Å²) in [4.78, 5) is 18.1. The van der Waals surface area contributed by atoms with Gasteiger partial charge in [0.15, 0.2) is 0 Å². The first-order chi connectivity index (χ1) is 12.9. The predicted octanol–water partition coefficient (Wildman–Crippen LogP) is 4.55. The van der Waals surface area contributed by atoms with E-state index in [2.05, 4.69) is 4.98 Å². The van der Waals surface area contributed by atoms with Crippen molar-refractivity contribution in [3.05, 3.63) is 71.9 Å². The van der Waals surface area contributed by atoms with Gasteiger partial charge in [-0.25, -0.2) is 4.98 Å². The molecule has 4 nitrogen and oxygen atoms in total. The Morgan fingerprint density at radius 2 is 1.81 bits per heavy atom. The molecule has 1 aromatic heterocycles. The average Bonchev–Trinajstić information content (AvgIpc) is 2.67. The van der Waals surface area contributed by atoms with Gasteiger partial charge in [0.05, 0.1) is 18.7 Å². The second-order valence-corrected chi connectivity index (χ2v) is 5.91. The van der Waals surface area contributed by atoms with E-state index in [1.165, 1.54) is 18.1 Å². The lowest BCUT2D eigenvalue weighted by Crippen LogP contribution is -2.34. The highest BCUT2D eigenvalue weighted by Crippen LogP contribution is 2.29. The standard InChI is InChI=1S/C20H17F3N2O2/c1-27-11-10-25(18-9-8-17(13-24-18)20(21,22)23)19(26)16-7-6-14-4-2-3-5-15(14)12-16/h2-9,12-13H,10-11H2,1H3. The van der Waals surface area contributed by atoms with Crippen molar-refractivity contribution in [1.82, 2.24) is 4.98 Å². The molecular formula is C20H17F3N2O2.